The van der Waals surface area contributed by atoms with Gasteiger partial charge in [0, 0.05) is 29.7 Å². The van der Waals surface area contributed by atoms with E-state index in [1.54, 1.807) is 30.5 Å². The van der Waals surface area contributed by atoms with Crippen LogP contribution >= 0.6 is 0 Å². The lowest BCUT2D eigenvalue weighted by Gasteiger charge is -2.09. The fourth-order valence-electron chi connectivity index (χ4n) is 2.04. The molecule has 106 valence electrons. The molecule has 0 aliphatic rings. The number of pyridine rings is 1. The first-order chi connectivity index (χ1) is 10.0. The molecule has 2 aromatic heterocycles. The molecule has 0 bridgehead atoms. The zero-order valence-corrected chi connectivity index (χ0v) is 10.7. The fraction of sp³-hybridized carbons (Fsp3) is 0.0667. The second-order valence-electron chi connectivity index (χ2n) is 4.51. The molecule has 0 atom stereocenters. The number of hydrogen-bond acceptors (Lipinski definition) is 2. The summed E-state index contributed by atoms with van der Waals surface area (Å²) in [4.78, 5) is 3.68. The Morgan fingerprint density at radius 3 is 2.43 bits per heavy atom. The first-order valence-corrected chi connectivity index (χ1v) is 6.16. The van der Waals surface area contributed by atoms with Crippen LogP contribution in [0.3, 0.4) is 0 Å². The number of halogens is 3. The van der Waals surface area contributed by atoms with Gasteiger partial charge in [-0.2, -0.15) is 18.3 Å². The fourth-order valence-corrected chi connectivity index (χ4v) is 2.04. The van der Waals surface area contributed by atoms with Gasteiger partial charge in [-0.1, -0.05) is 18.2 Å². The van der Waals surface area contributed by atoms with E-state index in [9.17, 15) is 13.2 Å². The molecule has 0 radical (unpaired) electrons. The smallest absolute Gasteiger partial charge is 0.278 e. The Morgan fingerprint density at radius 2 is 1.71 bits per heavy atom. The van der Waals surface area contributed by atoms with Crippen LogP contribution in [0.2, 0.25) is 0 Å². The van der Waals surface area contributed by atoms with Gasteiger partial charge in [-0.15, -0.1) is 0 Å². The Labute approximate surface area is 118 Å². The van der Waals surface area contributed by atoms with Gasteiger partial charge in [-0.05, 0) is 23.8 Å². The quantitative estimate of drug-likeness (QED) is 0.769. The molecule has 3 nitrogen and oxygen atoms in total. The summed E-state index contributed by atoms with van der Waals surface area (Å²) in [6.07, 6.45) is -0.540. The van der Waals surface area contributed by atoms with E-state index in [1.807, 2.05) is 6.07 Å². The molecule has 0 saturated heterocycles. The maximum absolute atomic E-state index is 12.7. The zero-order chi connectivity index (χ0) is 14.9. The highest BCUT2D eigenvalue weighted by atomic mass is 19.4. The monoisotopic (exact) mass is 289 g/mol. The van der Waals surface area contributed by atoms with Crippen molar-refractivity contribution < 1.29 is 13.2 Å². The number of rotatable bonds is 2. The van der Waals surface area contributed by atoms with Gasteiger partial charge in [0.15, 0.2) is 0 Å². The summed E-state index contributed by atoms with van der Waals surface area (Å²) in [6.45, 7) is 0. The van der Waals surface area contributed by atoms with Crippen molar-refractivity contribution in [2.24, 2.45) is 0 Å². The Kier molecular flexibility index (Phi) is 3.21. The molecular weight excluding hydrogens is 279 g/mol. The van der Waals surface area contributed by atoms with Crippen LogP contribution < -0.4 is 0 Å². The predicted molar refractivity (Wildman–Crippen MR) is 72.3 cm³/mol. The van der Waals surface area contributed by atoms with E-state index in [1.165, 1.54) is 6.20 Å². The van der Waals surface area contributed by atoms with E-state index in [-0.39, 0.29) is 0 Å². The minimum atomic E-state index is -4.40. The molecule has 3 aromatic rings. The van der Waals surface area contributed by atoms with Crippen molar-refractivity contribution in [3.8, 4) is 22.4 Å². The summed E-state index contributed by atoms with van der Waals surface area (Å²) in [5.74, 6) is 0. The molecule has 1 aromatic carbocycles. The van der Waals surface area contributed by atoms with Crippen molar-refractivity contribution in [1.82, 2.24) is 15.2 Å². The molecule has 1 N–H and O–H groups in total. The Bertz CT molecular complexity index is 749. The standard InChI is InChI=1S/C15H10F3N3/c16-15(17,18)13-7-12(8-19-9-13)10-2-1-3-11(6-10)14-4-5-20-21-14/h1-9H,(H,20,21). The molecule has 2 heterocycles. The number of benzene rings is 1. The molecule has 6 heteroatoms. The van der Waals surface area contributed by atoms with Crippen LogP contribution in [0.15, 0.2) is 55.0 Å². The summed E-state index contributed by atoms with van der Waals surface area (Å²) in [5.41, 5.74) is 1.98. The summed E-state index contributed by atoms with van der Waals surface area (Å²) >= 11 is 0. The van der Waals surface area contributed by atoms with Crippen LogP contribution in [-0.4, -0.2) is 15.2 Å². The predicted octanol–water partition coefficient (Wildman–Crippen LogP) is 4.16. The van der Waals surface area contributed by atoms with Crippen LogP contribution in [0.5, 0.6) is 0 Å². The Morgan fingerprint density at radius 1 is 0.905 bits per heavy atom. The molecule has 0 aliphatic heterocycles. The number of hydrogen-bond donors (Lipinski definition) is 1. The highest BCUT2D eigenvalue weighted by Gasteiger charge is 2.31. The topological polar surface area (TPSA) is 41.6 Å². The van der Waals surface area contributed by atoms with E-state index in [0.717, 1.165) is 23.5 Å². The van der Waals surface area contributed by atoms with Crippen LogP contribution in [0, 0.1) is 0 Å². The SMILES string of the molecule is FC(F)(F)c1cncc(-c2cccc(-c3ccn[nH]3)c2)c1. The molecule has 0 fully saturated rings. The third-order valence-corrected chi connectivity index (χ3v) is 3.07. The molecule has 0 spiro atoms. The van der Waals surface area contributed by atoms with Crippen molar-refractivity contribution >= 4 is 0 Å². The third kappa shape index (κ3) is 2.79. The van der Waals surface area contributed by atoms with Crippen molar-refractivity contribution in [3.05, 3.63) is 60.6 Å². The molecule has 0 amide bonds. The Balaban J connectivity index is 2.03. The largest absolute Gasteiger partial charge is 0.417 e. The van der Waals surface area contributed by atoms with Gasteiger partial charge in [0.1, 0.15) is 0 Å². The van der Waals surface area contributed by atoms with Crippen LogP contribution in [0.1, 0.15) is 5.56 Å². The van der Waals surface area contributed by atoms with E-state index < -0.39 is 11.7 Å². The number of H-pyrrole nitrogens is 1. The van der Waals surface area contributed by atoms with E-state index in [0.29, 0.717) is 11.1 Å². The summed E-state index contributed by atoms with van der Waals surface area (Å²) in [5, 5.41) is 6.68. The van der Waals surface area contributed by atoms with Crippen molar-refractivity contribution in [3.63, 3.8) is 0 Å². The third-order valence-electron chi connectivity index (χ3n) is 3.07. The van der Waals surface area contributed by atoms with Crippen molar-refractivity contribution in [2.45, 2.75) is 6.18 Å². The average molecular weight is 289 g/mol. The number of nitrogens with zero attached hydrogens (tertiary/aromatic N) is 2. The van der Waals surface area contributed by atoms with Gasteiger partial charge in [0.05, 0.1) is 11.3 Å². The van der Waals surface area contributed by atoms with Gasteiger partial charge < -0.3 is 0 Å². The highest BCUT2D eigenvalue weighted by Crippen LogP contribution is 2.32. The maximum Gasteiger partial charge on any atom is 0.417 e. The lowest BCUT2D eigenvalue weighted by atomic mass is 10.0. The molecule has 3 rings (SSSR count). The lowest BCUT2D eigenvalue weighted by molar-refractivity contribution is -0.137. The van der Waals surface area contributed by atoms with Crippen LogP contribution in [0.4, 0.5) is 13.2 Å². The number of nitrogens with one attached hydrogen (secondary N) is 1. The van der Waals surface area contributed by atoms with Gasteiger partial charge in [-0.3, -0.25) is 10.1 Å². The van der Waals surface area contributed by atoms with Crippen LogP contribution in [-0.2, 0) is 6.18 Å². The second kappa shape index (κ2) is 5.05. The van der Waals surface area contributed by atoms with Gasteiger partial charge in [0.25, 0.3) is 0 Å². The summed E-state index contributed by atoms with van der Waals surface area (Å²) in [7, 11) is 0. The van der Waals surface area contributed by atoms with Crippen LogP contribution in [0.25, 0.3) is 22.4 Å². The number of aromatic amines is 1. The first-order valence-electron chi connectivity index (χ1n) is 6.16. The van der Waals surface area contributed by atoms with Crippen molar-refractivity contribution in [2.75, 3.05) is 0 Å². The van der Waals surface area contributed by atoms with Gasteiger partial charge >= 0.3 is 6.18 Å². The molecule has 0 aliphatic carbocycles. The minimum absolute atomic E-state index is 0.422. The number of alkyl halides is 3. The van der Waals surface area contributed by atoms with Gasteiger partial charge in [0.2, 0.25) is 0 Å². The Hall–Kier alpha value is -2.63. The minimum Gasteiger partial charge on any atom is -0.278 e. The first kappa shape index (κ1) is 13.4. The van der Waals surface area contributed by atoms with E-state index >= 15 is 0 Å². The normalized spacial score (nSPS) is 11.6. The summed E-state index contributed by atoms with van der Waals surface area (Å²) < 4.78 is 38.2. The zero-order valence-electron chi connectivity index (χ0n) is 10.7. The van der Waals surface area contributed by atoms with Crippen molar-refractivity contribution in [1.29, 1.82) is 0 Å². The van der Waals surface area contributed by atoms with E-state index in [4.69, 9.17) is 0 Å². The average Bonchev–Trinajstić information content (AvgIpc) is 3.01. The highest BCUT2D eigenvalue weighted by molar-refractivity contribution is 5.71. The summed E-state index contributed by atoms with van der Waals surface area (Å²) in [6, 6.07) is 10.1. The lowest BCUT2D eigenvalue weighted by Crippen LogP contribution is -2.05. The number of aromatic nitrogens is 3. The maximum atomic E-state index is 12.7. The molecule has 0 unspecified atom stereocenters. The molecule has 0 saturated carbocycles. The van der Waals surface area contributed by atoms with E-state index in [2.05, 4.69) is 15.2 Å². The molecule has 21 heavy (non-hydrogen) atoms. The van der Waals surface area contributed by atoms with Gasteiger partial charge in [-0.25, -0.2) is 0 Å². The second-order valence-corrected chi connectivity index (χ2v) is 4.51. The molecular formula is C15H10F3N3.